The van der Waals surface area contributed by atoms with Gasteiger partial charge in [0.15, 0.2) is 0 Å². The van der Waals surface area contributed by atoms with Gasteiger partial charge in [-0.25, -0.2) is 4.98 Å². The van der Waals surface area contributed by atoms with Gasteiger partial charge in [0, 0.05) is 14.3 Å². The zero-order chi connectivity index (χ0) is 12.2. The van der Waals surface area contributed by atoms with Crippen molar-refractivity contribution in [2.75, 3.05) is 11.5 Å². The molecule has 0 saturated heterocycles. The highest BCUT2D eigenvalue weighted by molar-refractivity contribution is 7.99. The molecule has 1 heterocycles. The molecule has 5 heteroatoms. The molecule has 2 N–H and O–H groups in total. The third-order valence-corrected chi connectivity index (χ3v) is 5.25. The molecule has 0 atom stereocenters. The summed E-state index contributed by atoms with van der Waals surface area (Å²) in [4.78, 5) is 4.21. The van der Waals surface area contributed by atoms with E-state index in [1.807, 2.05) is 0 Å². The minimum atomic E-state index is -1.02. The van der Waals surface area contributed by atoms with Crippen LogP contribution in [0.15, 0.2) is 17.3 Å². The highest BCUT2D eigenvalue weighted by Gasteiger charge is 2.14. The average molecular weight is 251 g/mol. The first kappa shape index (κ1) is 13.1. The molecule has 0 unspecified atom stereocenters. The number of aromatic nitrogens is 1. The van der Waals surface area contributed by atoms with Gasteiger partial charge in [0.05, 0.1) is 5.69 Å². The Morgan fingerprint density at radius 2 is 2.19 bits per heavy atom. The maximum atomic E-state index is 8.98. The second-order valence-electron chi connectivity index (χ2n) is 4.85. The molecule has 16 heavy (non-hydrogen) atoms. The van der Waals surface area contributed by atoms with Gasteiger partial charge in [-0.15, -0.1) is 11.8 Å². The standard InChI is InChI=1S/C11H17N3SSi/c1-16(2,3)7-6-15-11-9(8-12)10(13)4-5-14-11/h4-5H,6-7H2,1-3H3,(H2,13,14). The van der Waals surface area contributed by atoms with Crippen LogP contribution >= 0.6 is 11.8 Å². The summed E-state index contributed by atoms with van der Waals surface area (Å²) in [7, 11) is -1.02. The van der Waals surface area contributed by atoms with Crippen LogP contribution in [0.5, 0.6) is 0 Å². The van der Waals surface area contributed by atoms with E-state index in [4.69, 9.17) is 11.0 Å². The lowest BCUT2D eigenvalue weighted by Crippen LogP contribution is -2.19. The van der Waals surface area contributed by atoms with Crippen LogP contribution in [0, 0.1) is 11.3 Å². The van der Waals surface area contributed by atoms with Crippen molar-refractivity contribution in [2.45, 2.75) is 30.7 Å². The maximum absolute atomic E-state index is 8.98. The summed E-state index contributed by atoms with van der Waals surface area (Å²) in [6, 6.07) is 5.00. The van der Waals surface area contributed by atoms with E-state index in [9.17, 15) is 0 Å². The van der Waals surface area contributed by atoms with Crippen LogP contribution in [0.1, 0.15) is 5.56 Å². The molecule has 1 aromatic rings. The van der Waals surface area contributed by atoms with Crippen LogP contribution in [-0.2, 0) is 0 Å². The molecule has 0 saturated carbocycles. The molecule has 0 aliphatic heterocycles. The first-order valence-electron chi connectivity index (χ1n) is 5.21. The van der Waals surface area contributed by atoms with Gasteiger partial charge < -0.3 is 5.73 Å². The summed E-state index contributed by atoms with van der Waals surface area (Å²) in [6.45, 7) is 7.02. The predicted molar refractivity (Wildman–Crippen MR) is 72.2 cm³/mol. The predicted octanol–water partition coefficient (Wildman–Crippen LogP) is 2.97. The molecule has 86 valence electrons. The number of rotatable bonds is 4. The van der Waals surface area contributed by atoms with Crippen molar-refractivity contribution >= 4 is 25.5 Å². The van der Waals surface area contributed by atoms with Crippen LogP contribution in [0.3, 0.4) is 0 Å². The number of hydrogen-bond donors (Lipinski definition) is 1. The number of nitriles is 1. The Kier molecular flexibility index (Phi) is 4.39. The van der Waals surface area contributed by atoms with Gasteiger partial charge in [0.2, 0.25) is 0 Å². The van der Waals surface area contributed by atoms with Crippen LogP contribution in [-0.4, -0.2) is 18.8 Å². The van der Waals surface area contributed by atoms with Crippen molar-refractivity contribution < 1.29 is 0 Å². The third kappa shape index (κ3) is 3.87. The van der Waals surface area contributed by atoms with Crippen LogP contribution in [0.4, 0.5) is 5.69 Å². The number of hydrogen-bond acceptors (Lipinski definition) is 4. The molecule has 1 rings (SSSR count). The Balaban J connectivity index is 2.68. The number of anilines is 1. The minimum Gasteiger partial charge on any atom is -0.398 e. The van der Waals surface area contributed by atoms with Gasteiger partial charge in [-0.05, 0) is 17.9 Å². The summed E-state index contributed by atoms with van der Waals surface area (Å²) in [5.74, 6) is 1.01. The minimum absolute atomic E-state index is 0.517. The van der Waals surface area contributed by atoms with E-state index >= 15 is 0 Å². The fourth-order valence-electron chi connectivity index (χ4n) is 1.13. The van der Waals surface area contributed by atoms with Crippen molar-refractivity contribution in [3.63, 3.8) is 0 Å². The lowest BCUT2D eigenvalue weighted by molar-refractivity contribution is 1.11. The van der Waals surface area contributed by atoms with Crippen molar-refractivity contribution in [1.29, 1.82) is 5.26 Å². The van der Waals surface area contributed by atoms with Gasteiger partial charge >= 0.3 is 0 Å². The molecule has 0 aliphatic rings. The monoisotopic (exact) mass is 251 g/mol. The Labute approximate surface area is 102 Å². The summed E-state index contributed by atoms with van der Waals surface area (Å²) >= 11 is 1.63. The molecule has 0 fully saturated rings. The lowest BCUT2D eigenvalue weighted by Gasteiger charge is -2.14. The Hall–Kier alpha value is -0.993. The van der Waals surface area contributed by atoms with Crippen molar-refractivity contribution in [1.82, 2.24) is 4.98 Å². The molecule has 3 nitrogen and oxygen atoms in total. The van der Waals surface area contributed by atoms with E-state index in [-0.39, 0.29) is 0 Å². The topological polar surface area (TPSA) is 62.7 Å². The van der Waals surface area contributed by atoms with E-state index in [2.05, 4.69) is 30.7 Å². The summed E-state index contributed by atoms with van der Waals surface area (Å²) in [5.41, 5.74) is 6.76. The molecular weight excluding hydrogens is 234 g/mol. The third-order valence-electron chi connectivity index (χ3n) is 2.15. The highest BCUT2D eigenvalue weighted by Crippen LogP contribution is 2.26. The van der Waals surface area contributed by atoms with E-state index in [0.717, 1.165) is 10.8 Å². The molecular formula is C11H17N3SSi. The van der Waals surface area contributed by atoms with Gasteiger partial charge in [0.25, 0.3) is 0 Å². The van der Waals surface area contributed by atoms with E-state index in [0.29, 0.717) is 11.3 Å². The van der Waals surface area contributed by atoms with E-state index < -0.39 is 8.07 Å². The SMILES string of the molecule is C[Si](C)(C)CCSc1nccc(N)c1C#N. The molecule has 0 aromatic carbocycles. The normalized spacial score (nSPS) is 11.1. The summed E-state index contributed by atoms with van der Waals surface area (Å²) < 4.78 is 0. The summed E-state index contributed by atoms with van der Waals surface area (Å²) in [5, 5.41) is 9.75. The Morgan fingerprint density at radius 1 is 1.50 bits per heavy atom. The maximum Gasteiger partial charge on any atom is 0.116 e. The lowest BCUT2D eigenvalue weighted by atomic mass is 10.3. The Morgan fingerprint density at radius 3 is 2.75 bits per heavy atom. The van der Waals surface area contributed by atoms with E-state index in [1.165, 1.54) is 6.04 Å². The van der Waals surface area contributed by atoms with Crippen LogP contribution in [0.2, 0.25) is 25.7 Å². The molecule has 0 bridgehead atoms. The van der Waals surface area contributed by atoms with Gasteiger partial charge in [-0.3, -0.25) is 0 Å². The number of nitrogen functional groups attached to an aromatic ring is 1. The first-order chi connectivity index (χ1) is 7.44. The fraction of sp³-hybridized carbons (Fsp3) is 0.455. The van der Waals surface area contributed by atoms with Gasteiger partial charge in [0.1, 0.15) is 16.7 Å². The molecule has 1 aromatic heterocycles. The first-order valence-corrected chi connectivity index (χ1v) is 9.91. The number of nitrogens with zero attached hydrogens (tertiary/aromatic N) is 2. The fourth-order valence-corrected chi connectivity index (χ4v) is 4.63. The van der Waals surface area contributed by atoms with Crippen LogP contribution < -0.4 is 5.73 Å². The van der Waals surface area contributed by atoms with E-state index in [1.54, 1.807) is 24.0 Å². The highest BCUT2D eigenvalue weighted by atomic mass is 32.2. The zero-order valence-electron chi connectivity index (χ0n) is 9.95. The zero-order valence-corrected chi connectivity index (χ0v) is 11.8. The van der Waals surface area contributed by atoms with Gasteiger partial charge in [-0.2, -0.15) is 5.26 Å². The number of nitrogens with two attached hydrogens (primary N) is 1. The largest absolute Gasteiger partial charge is 0.398 e. The number of thioether (sulfide) groups is 1. The van der Waals surface area contributed by atoms with Crippen LogP contribution in [0.25, 0.3) is 0 Å². The Bertz CT molecular complexity index is 407. The molecule has 0 spiro atoms. The van der Waals surface area contributed by atoms with Crippen molar-refractivity contribution in [3.8, 4) is 6.07 Å². The van der Waals surface area contributed by atoms with Crippen molar-refractivity contribution in [2.24, 2.45) is 0 Å². The number of pyridine rings is 1. The smallest absolute Gasteiger partial charge is 0.116 e. The molecule has 0 amide bonds. The molecule has 0 aliphatic carbocycles. The molecule has 0 radical (unpaired) electrons. The second-order valence-corrected chi connectivity index (χ2v) is 11.6. The van der Waals surface area contributed by atoms with Gasteiger partial charge in [-0.1, -0.05) is 19.6 Å². The van der Waals surface area contributed by atoms with Crippen molar-refractivity contribution in [3.05, 3.63) is 17.8 Å². The second kappa shape index (κ2) is 5.37. The quantitative estimate of drug-likeness (QED) is 0.660. The average Bonchev–Trinajstić information content (AvgIpc) is 2.16. The summed E-state index contributed by atoms with van der Waals surface area (Å²) in [6.07, 6.45) is 1.66.